The predicted molar refractivity (Wildman–Crippen MR) is 81.4 cm³/mol. The molecule has 7 heteroatoms. The van der Waals surface area contributed by atoms with Gasteiger partial charge in [0.15, 0.2) is 0 Å². The van der Waals surface area contributed by atoms with Gasteiger partial charge in [0.25, 0.3) is 0 Å². The number of rotatable bonds is 4. The Labute approximate surface area is 123 Å². The largest absolute Gasteiger partial charge is 0.399 e. The van der Waals surface area contributed by atoms with Crippen LogP contribution in [0.25, 0.3) is 10.9 Å². The van der Waals surface area contributed by atoms with Gasteiger partial charge in [0.1, 0.15) is 4.90 Å². The van der Waals surface area contributed by atoms with Crippen LogP contribution in [0.15, 0.2) is 29.3 Å². The van der Waals surface area contributed by atoms with Gasteiger partial charge < -0.3 is 15.5 Å². The molecule has 21 heavy (non-hydrogen) atoms. The second-order valence-corrected chi connectivity index (χ2v) is 7.17. The van der Waals surface area contributed by atoms with Crippen LogP contribution in [0.1, 0.15) is 13.3 Å². The van der Waals surface area contributed by atoms with Crippen LogP contribution in [0.2, 0.25) is 0 Å². The minimum Gasteiger partial charge on any atom is -0.399 e. The summed E-state index contributed by atoms with van der Waals surface area (Å²) in [6.07, 6.45) is 2.39. The summed E-state index contributed by atoms with van der Waals surface area (Å²) in [7, 11) is -3.57. The van der Waals surface area contributed by atoms with Crippen LogP contribution in [0.5, 0.6) is 0 Å². The Hall–Kier alpha value is -1.57. The minimum atomic E-state index is -3.57. The van der Waals surface area contributed by atoms with Gasteiger partial charge in [-0.2, -0.15) is 0 Å². The van der Waals surface area contributed by atoms with E-state index in [0.717, 1.165) is 6.42 Å². The topological polar surface area (TPSA) is 97.2 Å². The van der Waals surface area contributed by atoms with E-state index in [1.165, 1.54) is 6.20 Å². The van der Waals surface area contributed by atoms with E-state index < -0.39 is 10.0 Å². The molecule has 1 saturated heterocycles. The van der Waals surface area contributed by atoms with Gasteiger partial charge in [-0.15, -0.1) is 0 Å². The molecular weight excluding hydrogens is 290 g/mol. The van der Waals surface area contributed by atoms with E-state index in [9.17, 15) is 8.42 Å². The monoisotopic (exact) mass is 309 g/mol. The van der Waals surface area contributed by atoms with Crippen LogP contribution in [0.4, 0.5) is 5.69 Å². The van der Waals surface area contributed by atoms with Crippen molar-refractivity contribution >= 4 is 26.6 Å². The third-order valence-electron chi connectivity index (χ3n) is 3.97. The van der Waals surface area contributed by atoms with Crippen molar-refractivity contribution in [1.29, 1.82) is 0 Å². The van der Waals surface area contributed by atoms with Gasteiger partial charge in [0.2, 0.25) is 10.0 Å². The Bertz CT molecular complexity index is 748. The molecule has 0 radical (unpaired) electrons. The average Bonchev–Trinajstić information content (AvgIpc) is 3.07. The van der Waals surface area contributed by atoms with Crippen LogP contribution < -0.4 is 10.5 Å². The SMILES string of the molecule is CC(NS(=O)(=O)c1c[nH]c2cc(N)ccc12)C1CCOC1. The smallest absolute Gasteiger partial charge is 0.242 e. The fourth-order valence-electron chi connectivity index (χ4n) is 2.69. The summed E-state index contributed by atoms with van der Waals surface area (Å²) in [5, 5.41) is 0.645. The van der Waals surface area contributed by atoms with Gasteiger partial charge in [-0.25, -0.2) is 13.1 Å². The lowest BCUT2D eigenvalue weighted by Gasteiger charge is -2.18. The number of aromatic nitrogens is 1. The Morgan fingerprint density at radius 3 is 3.00 bits per heavy atom. The zero-order valence-electron chi connectivity index (χ0n) is 11.8. The van der Waals surface area contributed by atoms with Gasteiger partial charge in [0.05, 0.1) is 6.61 Å². The number of sulfonamides is 1. The molecule has 0 saturated carbocycles. The maximum absolute atomic E-state index is 12.6. The zero-order chi connectivity index (χ0) is 15.0. The number of fused-ring (bicyclic) bond motifs is 1. The molecule has 2 unspecified atom stereocenters. The molecule has 0 amide bonds. The van der Waals surface area contributed by atoms with Crippen LogP contribution in [0, 0.1) is 5.92 Å². The molecular formula is C14H19N3O3S. The number of nitrogen functional groups attached to an aromatic ring is 1. The summed E-state index contributed by atoms with van der Waals surface area (Å²) in [6.45, 7) is 3.18. The number of hydrogen-bond donors (Lipinski definition) is 3. The normalized spacial score (nSPS) is 20.9. The highest BCUT2D eigenvalue weighted by molar-refractivity contribution is 7.89. The second kappa shape index (κ2) is 5.32. The Kier molecular flexibility index (Phi) is 3.64. The van der Waals surface area contributed by atoms with E-state index in [0.29, 0.717) is 29.8 Å². The lowest BCUT2D eigenvalue weighted by atomic mass is 10.0. The number of H-pyrrole nitrogens is 1. The first-order valence-corrected chi connectivity index (χ1v) is 8.42. The number of benzene rings is 1. The van der Waals surface area contributed by atoms with E-state index in [4.69, 9.17) is 10.5 Å². The molecule has 4 N–H and O–H groups in total. The molecule has 114 valence electrons. The molecule has 2 heterocycles. The van der Waals surface area contributed by atoms with Crippen LogP contribution >= 0.6 is 0 Å². The number of ether oxygens (including phenoxy) is 1. The Morgan fingerprint density at radius 1 is 1.48 bits per heavy atom. The third-order valence-corrected chi connectivity index (χ3v) is 5.57. The van der Waals surface area contributed by atoms with E-state index in [1.54, 1.807) is 18.2 Å². The number of nitrogens with two attached hydrogens (primary N) is 1. The summed E-state index contributed by atoms with van der Waals surface area (Å²) in [5.74, 6) is 0.223. The van der Waals surface area contributed by atoms with Crippen LogP contribution in [-0.2, 0) is 14.8 Å². The Balaban J connectivity index is 1.89. The van der Waals surface area contributed by atoms with Crippen molar-refractivity contribution in [3.05, 3.63) is 24.4 Å². The van der Waals surface area contributed by atoms with Gasteiger partial charge in [-0.1, -0.05) is 0 Å². The number of anilines is 1. The number of nitrogens with one attached hydrogen (secondary N) is 2. The van der Waals surface area contributed by atoms with Crippen molar-refractivity contribution in [3.63, 3.8) is 0 Å². The van der Waals surface area contributed by atoms with E-state index in [-0.39, 0.29) is 16.9 Å². The first kappa shape index (κ1) is 14.4. The van der Waals surface area contributed by atoms with Crippen molar-refractivity contribution in [1.82, 2.24) is 9.71 Å². The molecule has 6 nitrogen and oxygen atoms in total. The summed E-state index contributed by atoms with van der Waals surface area (Å²) in [6, 6.07) is 4.99. The third kappa shape index (κ3) is 2.76. The molecule has 3 rings (SSSR count). The van der Waals surface area contributed by atoms with Gasteiger partial charge in [-0.05, 0) is 31.5 Å². The first-order chi connectivity index (χ1) is 9.97. The maximum atomic E-state index is 12.6. The quantitative estimate of drug-likeness (QED) is 0.745. The molecule has 1 fully saturated rings. The van der Waals surface area contributed by atoms with Crippen molar-refractivity contribution in [2.45, 2.75) is 24.3 Å². The van der Waals surface area contributed by atoms with E-state index in [2.05, 4.69) is 9.71 Å². The molecule has 1 aliphatic rings. The molecule has 1 aromatic carbocycles. The minimum absolute atomic E-state index is 0.156. The highest BCUT2D eigenvalue weighted by Crippen LogP contribution is 2.25. The molecule has 1 aliphatic heterocycles. The van der Waals surface area contributed by atoms with Crippen LogP contribution in [-0.4, -0.2) is 32.7 Å². The fourth-order valence-corrected chi connectivity index (χ4v) is 4.18. The van der Waals surface area contributed by atoms with E-state index >= 15 is 0 Å². The average molecular weight is 309 g/mol. The molecule has 0 bridgehead atoms. The second-order valence-electron chi connectivity index (χ2n) is 5.49. The molecule has 0 aliphatic carbocycles. The van der Waals surface area contributed by atoms with Gasteiger partial charge in [-0.3, -0.25) is 0 Å². The van der Waals surface area contributed by atoms with Crippen molar-refractivity contribution in [2.24, 2.45) is 5.92 Å². The summed E-state index contributed by atoms with van der Waals surface area (Å²) in [4.78, 5) is 3.21. The highest BCUT2D eigenvalue weighted by Gasteiger charge is 2.28. The van der Waals surface area contributed by atoms with E-state index in [1.807, 2.05) is 6.92 Å². The van der Waals surface area contributed by atoms with Gasteiger partial charge in [0, 0.05) is 41.4 Å². The predicted octanol–water partition coefficient (Wildman–Crippen LogP) is 1.45. The Morgan fingerprint density at radius 2 is 2.29 bits per heavy atom. The number of aromatic amines is 1. The lowest BCUT2D eigenvalue weighted by Crippen LogP contribution is -2.38. The summed E-state index contributed by atoms with van der Waals surface area (Å²) < 4.78 is 33.2. The first-order valence-electron chi connectivity index (χ1n) is 6.94. The maximum Gasteiger partial charge on any atom is 0.242 e. The molecule has 2 aromatic rings. The number of hydrogen-bond acceptors (Lipinski definition) is 4. The van der Waals surface area contributed by atoms with Crippen molar-refractivity contribution in [3.8, 4) is 0 Å². The molecule has 1 aromatic heterocycles. The summed E-state index contributed by atoms with van der Waals surface area (Å²) in [5.41, 5.74) is 7.02. The van der Waals surface area contributed by atoms with Gasteiger partial charge >= 0.3 is 0 Å². The van der Waals surface area contributed by atoms with Crippen molar-refractivity contribution in [2.75, 3.05) is 18.9 Å². The van der Waals surface area contributed by atoms with Crippen molar-refractivity contribution < 1.29 is 13.2 Å². The zero-order valence-corrected chi connectivity index (χ0v) is 12.6. The molecule has 2 atom stereocenters. The fraction of sp³-hybridized carbons (Fsp3) is 0.429. The highest BCUT2D eigenvalue weighted by atomic mass is 32.2. The standard InChI is InChI=1S/C14H19N3O3S/c1-9(10-4-5-20-8-10)17-21(18,19)14-7-16-13-6-11(15)2-3-12(13)14/h2-3,6-7,9-10,16-17H,4-5,8,15H2,1H3. The van der Waals surface area contributed by atoms with Crippen LogP contribution in [0.3, 0.4) is 0 Å². The summed E-state index contributed by atoms with van der Waals surface area (Å²) >= 11 is 0. The molecule has 0 spiro atoms. The lowest BCUT2D eigenvalue weighted by molar-refractivity contribution is 0.180.